The van der Waals surface area contributed by atoms with Crippen LogP contribution in [0.1, 0.15) is 78.7 Å². The van der Waals surface area contributed by atoms with Gasteiger partial charge in [-0.05, 0) is 45.6 Å². The lowest BCUT2D eigenvalue weighted by Crippen LogP contribution is -2.54. The van der Waals surface area contributed by atoms with Crippen LogP contribution < -0.4 is 5.32 Å². The number of nitrogens with one attached hydrogen (secondary N) is 1. The summed E-state index contributed by atoms with van der Waals surface area (Å²) in [6.07, 6.45) is 5.36. The Morgan fingerprint density at radius 1 is 1.08 bits per heavy atom. The molecule has 4 heteroatoms. The molecule has 1 aromatic carbocycles. The van der Waals surface area contributed by atoms with Gasteiger partial charge in [0.15, 0.2) is 0 Å². The first-order valence-corrected chi connectivity index (χ1v) is 9.96. The van der Waals surface area contributed by atoms with Crippen molar-refractivity contribution in [1.29, 1.82) is 0 Å². The third-order valence-corrected chi connectivity index (χ3v) is 4.55. The lowest BCUT2D eigenvalue weighted by molar-refractivity contribution is -0.0233. The predicted molar refractivity (Wildman–Crippen MR) is 107 cm³/mol. The van der Waals surface area contributed by atoms with Crippen LogP contribution in [0.3, 0.4) is 0 Å². The Morgan fingerprint density at radius 2 is 1.62 bits per heavy atom. The molecule has 0 aliphatic heterocycles. The summed E-state index contributed by atoms with van der Waals surface area (Å²) in [4.78, 5) is 12.4. The maximum absolute atomic E-state index is 12.4. The molecule has 0 saturated heterocycles. The van der Waals surface area contributed by atoms with E-state index in [9.17, 15) is 9.90 Å². The van der Waals surface area contributed by atoms with Crippen molar-refractivity contribution >= 4 is 6.09 Å². The average molecular weight is 364 g/mol. The minimum atomic E-state index is -0.932. The molecule has 0 fully saturated rings. The first kappa shape index (κ1) is 22.5. The second-order valence-corrected chi connectivity index (χ2v) is 8.20. The van der Waals surface area contributed by atoms with Crippen LogP contribution in [0.5, 0.6) is 0 Å². The number of carbonyl (C=O) groups excluding carboxylic acids is 1. The van der Waals surface area contributed by atoms with Gasteiger partial charge in [0.1, 0.15) is 5.60 Å². The number of benzene rings is 1. The van der Waals surface area contributed by atoms with E-state index >= 15 is 0 Å². The molecule has 1 aromatic rings. The van der Waals surface area contributed by atoms with Gasteiger partial charge in [-0.1, -0.05) is 69.9 Å². The number of unbranched alkanes of at least 4 members (excludes halogenated alkanes) is 2. The third kappa shape index (κ3) is 8.22. The Hall–Kier alpha value is -1.55. The monoisotopic (exact) mass is 363 g/mol. The summed E-state index contributed by atoms with van der Waals surface area (Å²) >= 11 is 0. The van der Waals surface area contributed by atoms with Gasteiger partial charge in [-0.2, -0.15) is 0 Å². The fourth-order valence-corrected chi connectivity index (χ4v) is 3.11. The molecule has 1 amide bonds. The molecular weight excluding hydrogens is 326 g/mol. The van der Waals surface area contributed by atoms with Crippen molar-refractivity contribution in [2.75, 3.05) is 0 Å². The van der Waals surface area contributed by atoms with Crippen molar-refractivity contribution in [3.8, 4) is 0 Å². The highest BCUT2D eigenvalue weighted by atomic mass is 16.6. The topological polar surface area (TPSA) is 58.6 Å². The van der Waals surface area contributed by atoms with Gasteiger partial charge in [0.05, 0.1) is 11.6 Å². The Balaban J connectivity index is 3.02. The SMILES string of the molecule is CCCCC(O)(CCCC)[C@H](Cc1ccccc1)NC(=O)OC(C)(C)C. The summed E-state index contributed by atoms with van der Waals surface area (Å²) in [6.45, 7) is 9.78. The molecule has 1 atom stereocenters. The van der Waals surface area contributed by atoms with Gasteiger partial charge in [0, 0.05) is 0 Å². The van der Waals surface area contributed by atoms with Gasteiger partial charge in [-0.3, -0.25) is 0 Å². The highest BCUT2D eigenvalue weighted by Crippen LogP contribution is 2.28. The molecule has 0 saturated carbocycles. The first-order chi connectivity index (χ1) is 12.2. The van der Waals surface area contributed by atoms with E-state index in [2.05, 4.69) is 19.2 Å². The number of carbonyl (C=O) groups is 1. The van der Waals surface area contributed by atoms with Crippen LogP contribution in [0, 0.1) is 0 Å². The number of ether oxygens (including phenoxy) is 1. The minimum Gasteiger partial charge on any atom is -0.444 e. The zero-order chi connectivity index (χ0) is 19.6. The highest BCUT2D eigenvalue weighted by molar-refractivity contribution is 5.68. The van der Waals surface area contributed by atoms with E-state index in [0.29, 0.717) is 19.3 Å². The van der Waals surface area contributed by atoms with Crippen molar-refractivity contribution in [3.63, 3.8) is 0 Å². The second kappa shape index (κ2) is 10.6. The molecule has 4 nitrogen and oxygen atoms in total. The summed E-state index contributed by atoms with van der Waals surface area (Å²) in [5.74, 6) is 0. The Labute approximate surface area is 159 Å². The lowest BCUT2D eigenvalue weighted by atomic mass is 9.81. The number of hydrogen-bond acceptors (Lipinski definition) is 3. The molecule has 0 unspecified atom stereocenters. The summed E-state index contributed by atoms with van der Waals surface area (Å²) < 4.78 is 5.45. The van der Waals surface area contributed by atoms with E-state index in [1.165, 1.54) is 0 Å². The first-order valence-electron chi connectivity index (χ1n) is 9.96. The molecule has 0 aliphatic rings. The molecule has 148 valence electrons. The van der Waals surface area contributed by atoms with Crippen molar-refractivity contribution in [3.05, 3.63) is 35.9 Å². The fraction of sp³-hybridized carbons (Fsp3) is 0.682. The number of hydrogen-bond donors (Lipinski definition) is 2. The van der Waals surface area contributed by atoms with Crippen LogP contribution in [0.2, 0.25) is 0 Å². The zero-order valence-electron chi connectivity index (χ0n) is 17.2. The Bertz CT molecular complexity index is 514. The smallest absolute Gasteiger partial charge is 0.407 e. The van der Waals surface area contributed by atoms with Crippen LogP contribution in [0.15, 0.2) is 30.3 Å². The van der Waals surface area contributed by atoms with E-state index in [1.54, 1.807) is 0 Å². The largest absolute Gasteiger partial charge is 0.444 e. The van der Waals surface area contributed by atoms with Crippen LogP contribution in [-0.4, -0.2) is 28.4 Å². The number of aliphatic hydroxyl groups is 1. The van der Waals surface area contributed by atoms with Gasteiger partial charge in [0.2, 0.25) is 0 Å². The summed E-state index contributed by atoms with van der Waals surface area (Å²) in [5.41, 5.74) is -0.398. The minimum absolute atomic E-state index is 0.377. The van der Waals surface area contributed by atoms with Crippen LogP contribution in [0.25, 0.3) is 0 Å². The average Bonchev–Trinajstić information content (AvgIpc) is 2.57. The molecule has 0 aliphatic carbocycles. The molecule has 2 N–H and O–H groups in total. The number of amides is 1. The van der Waals surface area contributed by atoms with Crippen molar-refractivity contribution in [2.45, 2.75) is 96.8 Å². The number of rotatable bonds is 10. The van der Waals surface area contributed by atoms with Crippen LogP contribution >= 0.6 is 0 Å². The van der Waals surface area contributed by atoms with E-state index in [0.717, 1.165) is 31.2 Å². The van der Waals surface area contributed by atoms with E-state index in [4.69, 9.17) is 4.74 Å². The predicted octanol–water partition coefficient (Wildman–Crippen LogP) is 5.23. The normalized spacial score (nSPS) is 13.3. The molecule has 26 heavy (non-hydrogen) atoms. The van der Waals surface area contributed by atoms with Crippen LogP contribution in [-0.2, 0) is 11.2 Å². The molecule has 0 heterocycles. The standard InChI is InChI=1S/C22H37NO3/c1-6-8-15-22(25,16-9-7-2)19(17-18-13-11-10-12-14-18)23-20(24)26-21(3,4)5/h10-14,19,25H,6-9,15-17H2,1-5H3,(H,23,24)/t19-/m0/s1. The van der Waals surface area contributed by atoms with Gasteiger partial charge >= 0.3 is 6.09 Å². The van der Waals surface area contributed by atoms with E-state index in [1.807, 2.05) is 51.1 Å². The fourth-order valence-electron chi connectivity index (χ4n) is 3.11. The maximum atomic E-state index is 12.4. The van der Waals surface area contributed by atoms with E-state index < -0.39 is 17.3 Å². The molecule has 0 aromatic heterocycles. The molecular formula is C22H37NO3. The van der Waals surface area contributed by atoms with Gasteiger partial charge in [-0.15, -0.1) is 0 Å². The molecule has 1 rings (SSSR count). The van der Waals surface area contributed by atoms with Crippen molar-refractivity contribution in [2.24, 2.45) is 0 Å². The van der Waals surface area contributed by atoms with Gasteiger partial charge in [0.25, 0.3) is 0 Å². The number of alkyl carbamates (subject to hydrolysis) is 1. The quantitative estimate of drug-likeness (QED) is 0.598. The molecule has 0 bridgehead atoms. The third-order valence-electron chi connectivity index (χ3n) is 4.55. The van der Waals surface area contributed by atoms with Gasteiger partial charge in [-0.25, -0.2) is 4.79 Å². The second-order valence-electron chi connectivity index (χ2n) is 8.20. The van der Waals surface area contributed by atoms with Crippen LogP contribution in [0.4, 0.5) is 4.79 Å². The van der Waals surface area contributed by atoms with E-state index in [-0.39, 0.29) is 6.04 Å². The maximum Gasteiger partial charge on any atom is 0.407 e. The Kier molecular flexibility index (Phi) is 9.14. The summed E-state index contributed by atoms with van der Waals surface area (Å²) in [7, 11) is 0. The highest BCUT2D eigenvalue weighted by Gasteiger charge is 2.37. The summed E-state index contributed by atoms with van der Waals surface area (Å²) in [5, 5.41) is 14.4. The molecule has 0 spiro atoms. The lowest BCUT2D eigenvalue weighted by Gasteiger charge is -2.37. The summed E-state index contributed by atoms with van der Waals surface area (Å²) in [6, 6.07) is 9.62. The van der Waals surface area contributed by atoms with Gasteiger partial charge < -0.3 is 15.2 Å². The van der Waals surface area contributed by atoms with Crippen molar-refractivity contribution < 1.29 is 14.6 Å². The zero-order valence-corrected chi connectivity index (χ0v) is 17.2. The van der Waals surface area contributed by atoms with Crippen molar-refractivity contribution in [1.82, 2.24) is 5.32 Å². The molecule has 0 radical (unpaired) electrons. The Morgan fingerprint density at radius 3 is 2.08 bits per heavy atom.